The maximum Gasteiger partial charge on any atom is 0.309 e. The SMILES string of the molecule is CCOC(=O)C1CCN(S(=O)(=O)N[C@@H](C)CO)CC1. The van der Waals surface area contributed by atoms with Crippen molar-refractivity contribution in [2.75, 3.05) is 26.3 Å². The van der Waals surface area contributed by atoms with Crippen LogP contribution in [0.15, 0.2) is 0 Å². The molecule has 0 saturated carbocycles. The minimum absolute atomic E-state index is 0.221. The summed E-state index contributed by atoms with van der Waals surface area (Å²) in [5.74, 6) is -0.474. The number of rotatable bonds is 6. The number of ether oxygens (including phenoxy) is 1. The van der Waals surface area contributed by atoms with E-state index in [9.17, 15) is 13.2 Å². The third kappa shape index (κ3) is 4.72. The lowest BCUT2D eigenvalue weighted by atomic mass is 9.98. The third-order valence-corrected chi connectivity index (χ3v) is 4.78. The van der Waals surface area contributed by atoms with Crippen LogP contribution in [0.25, 0.3) is 0 Å². The monoisotopic (exact) mass is 294 g/mol. The summed E-state index contributed by atoms with van der Waals surface area (Å²) in [4.78, 5) is 11.5. The largest absolute Gasteiger partial charge is 0.466 e. The van der Waals surface area contributed by atoms with Gasteiger partial charge in [0.25, 0.3) is 10.2 Å². The number of aliphatic hydroxyl groups is 1. The van der Waals surface area contributed by atoms with Crippen LogP contribution in [0.3, 0.4) is 0 Å². The highest BCUT2D eigenvalue weighted by atomic mass is 32.2. The molecule has 0 unspecified atom stereocenters. The Balaban J connectivity index is 2.51. The van der Waals surface area contributed by atoms with E-state index in [2.05, 4.69) is 4.72 Å². The van der Waals surface area contributed by atoms with Crippen molar-refractivity contribution in [1.29, 1.82) is 0 Å². The predicted octanol–water partition coefficient (Wildman–Crippen LogP) is -0.523. The number of esters is 1. The van der Waals surface area contributed by atoms with Crippen LogP contribution in [0.1, 0.15) is 26.7 Å². The van der Waals surface area contributed by atoms with Crippen LogP contribution in [0, 0.1) is 5.92 Å². The average molecular weight is 294 g/mol. The molecular formula is C11H22N2O5S. The van der Waals surface area contributed by atoms with Crippen molar-refractivity contribution in [1.82, 2.24) is 9.03 Å². The smallest absolute Gasteiger partial charge is 0.309 e. The second kappa shape index (κ2) is 7.18. The van der Waals surface area contributed by atoms with Crippen molar-refractivity contribution in [3.05, 3.63) is 0 Å². The Hall–Kier alpha value is -0.700. The quantitative estimate of drug-likeness (QED) is 0.642. The van der Waals surface area contributed by atoms with Crippen molar-refractivity contribution >= 4 is 16.2 Å². The highest BCUT2D eigenvalue weighted by Crippen LogP contribution is 2.20. The zero-order chi connectivity index (χ0) is 14.5. The molecule has 0 spiro atoms. The second-order valence-corrected chi connectivity index (χ2v) is 6.33. The third-order valence-electron chi connectivity index (χ3n) is 3.04. The molecule has 1 rings (SSSR count). The molecule has 112 valence electrons. The van der Waals surface area contributed by atoms with Crippen LogP contribution >= 0.6 is 0 Å². The Morgan fingerprint density at radius 1 is 1.47 bits per heavy atom. The minimum atomic E-state index is -3.58. The molecule has 0 bridgehead atoms. The fraction of sp³-hybridized carbons (Fsp3) is 0.909. The summed E-state index contributed by atoms with van der Waals surface area (Å²) in [6.07, 6.45) is 0.931. The van der Waals surface area contributed by atoms with Gasteiger partial charge in [-0.25, -0.2) is 0 Å². The molecule has 0 aromatic carbocycles. The first-order valence-electron chi connectivity index (χ1n) is 6.45. The molecule has 0 aromatic heterocycles. The Bertz CT molecular complexity index is 390. The summed E-state index contributed by atoms with van der Waals surface area (Å²) in [5.41, 5.74) is 0. The van der Waals surface area contributed by atoms with E-state index in [0.717, 1.165) is 0 Å². The lowest BCUT2D eigenvalue weighted by molar-refractivity contribution is -0.149. The molecule has 1 heterocycles. The average Bonchev–Trinajstić information content (AvgIpc) is 2.38. The van der Waals surface area contributed by atoms with Gasteiger partial charge in [-0.05, 0) is 26.7 Å². The van der Waals surface area contributed by atoms with Gasteiger partial charge in [0.1, 0.15) is 0 Å². The zero-order valence-electron chi connectivity index (χ0n) is 11.3. The van der Waals surface area contributed by atoms with Gasteiger partial charge in [-0.15, -0.1) is 0 Å². The van der Waals surface area contributed by atoms with Crippen LogP contribution in [-0.4, -0.2) is 56.1 Å². The molecular weight excluding hydrogens is 272 g/mol. The van der Waals surface area contributed by atoms with Crippen LogP contribution in [-0.2, 0) is 19.7 Å². The fourth-order valence-corrected chi connectivity index (χ4v) is 3.38. The van der Waals surface area contributed by atoms with Gasteiger partial charge in [0.15, 0.2) is 0 Å². The molecule has 0 amide bonds. The van der Waals surface area contributed by atoms with Gasteiger partial charge >= 0.3 is 5.97 Å². The standard InChI is InChI=1S/C11H22N2O5S/c1-3-18-11(15)10-4-6-13(7-5-10)19(16,17)12-9(2)8-14/h9-10,12,14H,3-8H2,1-2H3/t9-/m0/s1. The summed E-state index contributed by atoms with van der Waals surface area (Å²) < 4.78 is 32.5. The van der Waals surface area contributed by atoms with Gasteiger partial charge in [0.2, 0.25) is 0 Å². The lowest BCUT2D eigenvalue weighted by Gasteiger charge is -2.30. The number of nitrogens with one attached hydrogen (secondary N) is 1. The predicted molar refractivity (Wildman–Crippen MR) is 69.5 cm³/mol. The fourth-order valence-electron chi connectivity index (χ4n) is 1.96. The van der Waals surface area contributed by atoms with Crippen LogP contribution in [0.4, 0.5) is 0 Å². The summed E-state index contributed by atoms with van der Waals surface area (Å²) in [7, 11) is -3.58. The van der Waals surface area contributed by atoms with Crippen LogP contribution in [0.5, 0.6) is 0 Å². The molecule has 0 aromatic rings. The maximum atomic E-state index is 11.9. The number of carbonyl (C=O) groups excluding carboxylic acids is 1. The molecule has 1 fully saturated rings. The molecule has 1 aliphatic heterocycles. The summed E-state index contributed by atoms with van der Waals surface area (Å²) >= 11 is 0. The van der Waals surface area contributed by atoms with E-state index in [1.807, 2.05) is 0 Å². The Kier molecular flexibility index (Phi) is 6.18. The lowest BCUT2D eigenvalue weighted by Crippen LogP contribution is -2.49. The van der Waals surface area contributed by atoms with E-state index in [1.54, 1.807) is 13.8 Å². The number of aliphatic hydroxyl groups excluding tert-OH is 1. The molecule has 7 nitrogen and oxygen atoms in total. The molecule has 0 radical (unpaired) electrons. The van der Waals surface area contributed by atoms with Gasteiger partial charge in [0.05, 0.1) is 19.1 Å². The summed E-state index contributed by atoms with van der Waals surface area (Å²) in [6.45, 7) is 4.00. The minimum Gasteiger partial charge on any atom is -0.466 e. The van der Waals surface area contributed by atoms with E-state index in [4.69, 9.17) is 9.84 Å². The summed E-state index contributed by atoms with van der Waals surface area (Å²) in [5, 5.41) is 8.86. The van der Waals surface area contributed by atoms with E-state index in [0.29, 0.717) is 19.4 Å². The maximum absolute atomic E-state index is 11.9. The highest BCUT2D eigenvalue weighted by Gasteiger charge is 2.32. The van der Waals surface area contributed by atoms with Gasteiger partial charge in [-0.3, -0.25) is 4.79 Å². The van der Waals surface area contributed by atoms with Crippen molar-refractivity contribution in [3.63, 3.8) is 0 Å². The normalized spacial score (nSPS) is 20.2. The van der Waals surface area contributed by atoms with Crippen molar-refractivity contribution in [2.45, 2.75) is 32.7 Å². The van der Waals surface area contributed by atoms with Gasteiger partial charge in [-0.1, -0.05) is 0 Å². The van der Waals surface area contributed by atoms with E-state index < -0.39 is 16.3 Å². The van der Waals surface area contributed by atoms with Gasteiger partial charge in [-0.2, -0.15) is 17.4 Å². The second-order valence-electron chi connectivity index (χ2n) is 4.63. The van der Waals surface area contributed by atoms with Gasteiger partial charge in [0, 0.05) is 19.1 Å². The number of piperidine rings is 1. The molecule has 8 heteroatoms. The Morgan fingerprint density at radius 3 is 2.53 bits per heavy atom. The first kappa shape index (κ1) is 16.4. The topological polar surface area (TPSA) is 95.9 Å². The Labute approximate surface area is 114 Å². The first-order chi connectivity index (χ1) is 8.90. The van der Waals surface area contributed by atoms with E-state index in [-0.39, 0.29) is 31.6 Å². The number of nitrogens with zero attached hydrogens (tertiary/aromatic N) is 1. The molecule has 2 N–H and O–H groups in total. The molecule has 1 aliphatic rings. The zero-order valence-corrected chi connectivity index (χ0v) is 12.1. The first-order valence-corrected chi connectivity index (χ1v) is 7.89. The highest BCUT2D eigenvalue weighted by molar-refractivity contribution is 7.87. The molecule has 0 aliphatic carbocycles. The molecule has 1 atom stereocenters. The van der Waals surface area contributed by atoms with Crippen LogP contribution < -0.4 is 4.72 Å². The van der Waals surface area contributed by atoms with Gasteiger partial charge < -0.3 is 9.84 Å². The van der Waals surface area contributed by atoms with Crippen molar-refractivity contribution in [2.24, 2.45) is 5.92 Å². The number of hydrogen-bond acceptors (Lipinski definition) is 5. The number of hydrogen-bond donors (Lipinski definition) is 2. The van der Waals surface area contributed by atoms with Crippen LogP contribution in [0.2, 0.25) is 0 Å². The number of carbonyl (C=O) groups is 1. The van der Waals surface area contributed by atoms with E-state index >= 15 is 0 Å². The van der Waals surface area contributed by atoms with Crippen molar-refractivity contribution < 1.29 is 23.1 Å². The Morgan fingerprint density at radius 2 is 2.05 bits per heavy atom. The molecule has 19 heavy (non-hydrogen) atoms. The molecule has 1 saturated heterocycles. The van der Waals surface area contributed by atoms with E-state index in [1.165, 1.54) is 4.31 Å². The summed E-state index contributed by atoms with van der Waals surface area (Å²) in [6, 6.07) is -0.521. The van der Waals surface area contributed by atoms with Crippen molar-refractivity contribution in [3.8, 4) is 0 Å².